The molecule has 0 N–H and O–H groups in total. The van der Waals surface area contributed by atoms with Crippen LogP contribution < -0.4 is 0 Å². The molecule has 0 saturated carbocycles. The van der Waals surface area contributed by atoms with Crippen molar-refractivity contribution in [3.63, 3.8) is 0 Å². The van der Waals surface area contributed by atoms with Crippen molar-refractivity contribution in [2.45, 2.75) is 38.3 Å². The number of halogens is 2. The normalized spacial score (nSPS) is 20.9. The van der Waals surface area contributed by atoms with Gasteiger partial charge in [-0.15, -0.1) is 0 Å². The highest BCUT2D eigenvalue weighted by molar-refractivity contribution is 9.10. The Morgan fingerprint density at radius 3 is 2.71 bits per heavy atom. The first-order valence-electron chi connectivity index (χ1n) is 6.34. The quantitative estimate of drug-likeness (QED) is 0.694. The highest BCUT2D eigenvalue weighted by Gasteiger charge is 2.23. The summed E-state index contributed by atoms with van der Waals surface area (Å²) >= 11 is 7.01. The van der Waals surface area contributed by atoms with E-state index in [0.29, 0.717) is 0 Å². The van der Waals surface area contributed by atoms with Gasteiger partial charge in [-0.05, 0) is 49.9 Å². The lowest BCUT2D eigenvalue weighted by Crippen LogP contribution is -2.28. The zero-order valence-electron chi connectivity index (χ0n) is 10.0. The summed E-state index contributed by atoms with van der Waals surface area (Å²) in [5, 5.41) is 1.13. The number of benzene rings is 1. The summed E-state index contributed by atoms with van der Waals surface area (Å²) in [6.45, 7) is 2.38. The molecule has 1 nitrogen and oxygen atoms in total. The van der Waals surface area contributed by atoms with Gasteiger partial charge >= 0.3 is 0 Å². The van der Waals surface area contributed by atoms with E-state index in [1.165, 1.54) is 42.3 Å². The molecule has 0 radical (unpaired) electrons. The molecule has 1 saturated heterocycles. The summed E-state index contributed by atoms with van der Waals surface area (Å²) in [4.78, 5) is 2.64. The second-order valence-electron chi connectivity index (χ2n) is 4.72. The fraction of sp³-hybridized carbons (Fsp3) is 0.571. The van der Waals surface area contributed by atoms with Gasteiger partial charge < -0.3 is 0 Å². The van der Waals surface area contributed by atoms with Crippen molar-refractivity contribution in [1.29, 1.82) is 0 Å². The van der Waals surface area contributed by atoms with Gasteiger partial charge in [-0.2, -0.15) is 0 Å². The summed E-state index contributed by atoms with van der Waals surface area (Å²) in [6, 6.07) is 9.53. The van der Waals surface area contributed by atoms with E-state index in [9.17, 15) is 0 Å². The van der Waals surface area contributed by atoms with Gasteiger partial charge in [0, 0.05) is 22.4 Å². The minimum absolute atomic E-state index is 0.802. The van der Waals surface area contributed by atoms with Crippen LogP contribution in [0.2, 0.25) is 0 Å². The molecule has 17 heavy (non-hydrogen) atoms. The minimum Gasteiger partial charge on any atom is -0.296 e. The molecule has 1 aliphatic rings. The highest BCUT2D eigenvalue weighted by atomic mass is 79.9. The molecule has 3 heteroatoms. The van der Waals surface area contributed by atoms with Crippen molar-refractivity contribution >= 4 is 31.9 Å². The maximum Gasteiger partial charge on any atom is 0.0236 e. The van der Waals surface area contributed by atoms with Crippen molar-refractivity contribution in [2.75, 3.05) is 11.9 Å². The first-order chi connectivity index (χ1) is 8.29. The van der Waals surface area contributed by atoms with Crippen molar-refractivity contribution in [3.8, 4) is 0 Å². The third-order valence-electron chi connectivity index (χ3n) is 3.47. The zero-order chi connectivity index (χ0) is 12.1. The molecule has 1 aromatic rings. The fourth-order valence-corrected chi connectivity index (χ4v) is 3.16. The first kappa shape index (κ1) is 13.6. The second-order valence-corrected chi connectivity index (χ2v) is 6.43. The van der Waals surface area contributed by atoms with Gasteiger partial charge in [0.25, 0.3) is 0 Å². The molecule has 1 atom stereocenters. The number of alkyl halides is 1. The van der Waals surface area contributed by atoms with Gasteiger partial charge in [0.1, 0.15) is 0 Å². The maximum absolute atomic E-state index is 3.53. The van der Waals surface area contributed by atoms with E-state index < -0.39 is 0 Å². The summed E-state index contributed by atoms with van der Waals surface area (Å²) in [6.07, 6.45) is 5.37. The van der Waals surface area contributed by atoms with Crippen LogP contribution in [-0.2, 0) is 6.54 Å². The predicted molar refractivity (Wildman–Crippen MR) is 80.6 cm³/mol. The van der Waals surface area contributed by atoms with E-state index in [-0.39, 0.29) is 0 Å². The molecule has 94 valence electrons. The van der Waals surface area contributed by atoms with Crippen molar-refractivity contribution in [3.05, 3.63) is 34.3 Å². The van der Waals surface area contributed by atoms with Gasteiger partial charge in [0.2, 0.25) is 0 Å². The third-order valence-corrected chi connectivity index (χ3v) is 4.56. The van der Waals surface area contributed by atoms with E-state index in [1.54, 1.807) is 0 Å². The number of nitrogens with zero attached hydrogens (tertiary/aromatic N) is 1. The molecular weight excluding hydrogens is 342 g/mol. The molecule has 2 rings (SSSR count). The molecule has 0 amide bonds. The largest absolute Gasteiger partial charge is 0.296 e. The van der Waals surface area contributed by atoms with Crippen LogP contribution in [0.25, 0.3) is 0 Å². The topological polar surface area (TPSA) is 3.24 Å². The second kappa shape index (κ2) is 6.91. The van der Waals surface area contributed by atoms with Crippen molar-refractivity contribution in [1.82, 2.24) is 4.90 Å². The molecule has 1 fully saturated rings. The van der Waals surface area contributed by atoms with Crippen LogP contribution in [0, 0.1) is 0 Å². The Bertz CT molecular complexity index is 337. The fourth-order valence-electron chi connectivity index (χ4n) is 2.57. The molecule has 1 heterocycles. The molecule has 0 aromatic heterocycles. The Morgan fingerprint density at radius 2 is 2.00 bits per heavy atom. The van der Waals surface area contributed by atoms with Gasteiger partial charge in [-0.3, -0.25) is 4.90 Å². The molecule has 1 aromatic carbocycles. The number of hydrogen-bond acceptors (Lipinski definition) is 1. The highest BCUT2D eigenvalue weighted by Crippen LogP contribution is 2.24. The maximum atomic E-state index is 3.53. The van der Waals surface area contributed by atoms with Crippen molar-refractivity contribution in [2.24, 2.45) is 0 Å². The number of hydrogen-bond donors (Lipinski definition) is 0. The summed E-state index contributed by atoms with van der Waals surface area (Å²) in [5.41, 5.74) is 1.43. The Morgan fingerprint density at radius 1 is 1.24 bits per heavy atom. The van der Waals surface area contributed by atoms with Crippen molar-refractivity contribution < 1.29 is 0 Å². The van der Waals surface area contributed by atoms with Crippen LogP contribution in [0.15, 0.2) is 28.7 Å². The monoisotopic (exact) mass is 359 g/mol. The molecule has 1 unspecified atom stereocenters. The summed E-state index contributed by atoms with van der Waals surface area (Å²) in [7, 11) is 0. The summed E-state index contributed by atoms with van der Waals surface area (Å²) < 4.78 is 1.17. The number of likely N-dealkylation sites (tertiary alicyclic amines) is 1. The Hall–Kier alpha value is 0.140. The van der Waals surface area contributed by atoms with Crippen LogP contribution in [0.4, 0.5) is 0 Å². The van der Waals surface area contributed by atoms with E-state index in [4.69, 9.17) is 0 Å². The van der Waals surface area contributed by atoms with E-state index >= 15 is 0 Å². The average Bonchev–Trinajstić information content (AvgIpc) is 2.77. The lowest BCUT2D eigenvalue weighted by atomic mass is 10.1. The first-order valence-corrected chi connectivity index (χ1v) is 8.25. The molecule has 0 bridgehead atoms. The van der Waals surface area contributed by atoms with E-state index in [2.05, 4.69) is 61.0 Å². The SMILES string of the molecule is BrCCCC1CCCN1Cc1ccc(Br)cc1. The third kappa shape index (κ3) is 4.08. The molecular formula is C14H19Br2N. The minimum atomic E-state index is 0.802. The summed E-state index contributed by atoms with van der Waals surface area (Å²) in [5.74, 6) is 0. The Balaban J connectivity index is 1.90. The lowest BCUT2D eigenvalue weighted by molar-refractivity contribution is 0.234. The molecule has 0 aliphatic carbocycles. The van der Waals surface area contributed by atoms with Crippen LogP contribution in [0.5, 0.6) is 0 Å². The van der Waals surface area contributed by atoms with Gasteiger partial charge in [0.15, 0.2) is 0 Å². The van der Waals surface area contributed by atoms with Crippen LogP contribution in [0.1, 0.15) is 31.2 Å². The van der Waals surface area contributed by atoms with Gasteiger partial charge in [0.05, 0.1) is 0 Å². The van der Waals surface area contributed by atoms with Gasteiger partial charge in [-0.1, -0.05) is 44.0 Å². The van der Waals surface area contributed by atoms with E-state index in [0.717, 1.165) is 17.9 Å². The molecule has 1 aliphatic heterocycles. The van der Waals surface area contributed by atoms with Crippen LogP contribution in [0.3, 0.4) is 0 Å². The van der Waals surface area contributed by atoms with Crippen LogP contribution in [-0.4, -0.2) is 22.8 Å². The Labute approximate surface area is 121 Å². The number of rotatable bonds is 5. The lowest BCUT2D eigenvalue weighted by Gasteiger charge is -2.24. The van der Waals surface area contributed by atoms with Crippen LogP contribution >= 0.6 is 31.9 Å². The molecule has 0 spiro atoms. The predicted octanol–water partition coefficient (Wildman–Crippen LogP) is 4.59. The van der Waals surface area contributed by atoms with E-state index in [1.807, 2.05) is 0 Å². The standard InChI is InChI=1S/C14H19Br2N/c15-9-1-3-14-4-2-10-17(14)11-12-5-7-13(16)8-6-12/h5-8,14H,1-4,9-11H2. The average molecular weight is 361 g/mol. The van der Waals surface area contributed by atoms with Gasteiger partial charge in [-0.25, -0.2) is 0 Å². The smallest absolute Gasteiger partial charge is 0.0236 e. The Kier molecular flexibility index (Phi) is 5.51. The zero-order valence-corrected chi connectivity index (χ0v) is 13.2.